The number of nitrogens with one attached hydrogen (secondary N) is 2. The van der Waals surface area contributed by atoms with Gasteiger partial charge in [0.15, 0.2) is 0 Å². The standard InChI is InChI=1S/C15H15BrClN3O3/c16-9-3-4-11(10(17)7-9)18-12(21)8-20-13(22)15(19-14(20)23)5-1-2-6-15/h3-4,7H,1-2,5-6,8H2,(H,18,21)(H,19,23). The number of nitrogens with zero attached hydrogens (tertiary/aromatic N) is 1. The summed E-state index contributed by atoms with van der Waals surface area (Å²) in [5, 5.41) is 5.73. The Morgan fingerprint density at radius 1 is 1.35 bits per heavy atom. The lowest BCUT2D eigenvalue weighted by atomic mass is 9.98. The SMILES string of the molecule is O=C(CN1C(=O)NC2(CCCC2)C1=O)Nc1ccc(Br)cc1Cl. The van der Waals surface area contributed by atoms with E-state index in [4.69, 9.17) is 11.6 Å². The number of carbonyl (C=O) groups is 3. The number of imide groups is 1. The van der Waals surface area contributed by atoms with Crippen molar-refractivity contribution in [1.29, 1.82) is 0 Å². The summed E-state index contributed by atoms with van der Waals surface area (Å²) >= 11 is 9.32. The van der Waals surface area contributed by atoms with Crippen LogP contribution >= 0.6 is 27.5 Å². The molecule has 8 heteroatoms. The van der Waals surface area contributed by atoms with Gasteiger partial charge in [0, 0.05) is 4.47 Å². The van der Waals surface area contributed by atoms with Crippen molar-refractivity contribution in [3.8, 4) is 0 Å². The van der Waals surface area contributed by atoms with Gasteiger partial charge in [-0.3, -0.25) is 14.5 Å². The lowest BCUT2D eigenvalue weighted by Gasteiger charge is -2.19. The van der Waals surface area contributed by atoms with Crippen molar-refractivity contribution in [2.24, 2.45) is 0 Å². The van der Waals surface area contributed by atoms with Crippen LogP contribution in [-0.2, 0) is 9.59 Å². The van der Waals surface area contributed by atoms with Crippen LogP contribution in [0, 0.1) is 0 Å². The van der Waals surface area contributed by atoms with E-state index in [2.05, 4.69) is 26.6 Å². The Bertz CT molecular complexity index is 689. The Balaban J connectivity index is 1.68. The third-order valence-corrected chi connectivity index (χ3v) is 5.02. The van der Waals surface area contributed by atoms with Gasteiger partial charge in [0.1, 0.15) is 12.1 Å². The number of hydrogen-bond acceptors (Lipinski definition) is 3. The number of urea groups is 1. The van der Waals surface area contributed by atoms with Crippen molar-refractivity contribution < 1.29 is 14.4 Å². The highest BCUT2D eigenvalue weighted by Crippen LogP contribution is 2.35. The number of amides is 4. The molecule has 3 rings (SSSR count). The summed E-state index contributed by atoms with van der Waals surface area (Å²) in [6, 6.07) is 4.53. The average Bonchev–Trinajstić information content (AvgIpc) is 3.04. The molecule has 0 radical (unpaired) electrons. The summed E-state index contributed by atoms with van der Waals surface area (Å²) in [5.41, 5.74) is -0.366. The largest absolute Gasteiger partial charge is 0.325 e. The molecule has 2 fully saturated rings. The van der Waals surface area contributed by atoms with Gasteiger partial charge in [-0.05, 0) is 31.0 Å². The second-order valence-electron chi connectivity index (χ2n) is 5.78. The molecule has 122 valence electrons. The normalized spacial score (nSPS) is 19.3. The fraction of sp³-hybridized carbons (Fsp3) is 0.400. The number of halogens is 2. The molecule has 1 spiro atoms. The van der Waals surface area contributed by atoms with Crippen molar-refractivity contribution in [3.05, 3.63) is 27.7 Å². The Morgan fingerprint density at radius 3 is 2.70 bits per heavy atom. The van der Waals surface area contributed by atoms with Crippen molar-refractivity contribution in [3.63, 3.8) is 0 Å². The molecule has 0 aromatic heterocycles. The molecule has 1 saturated carbocycles. The minimum absolute atomic E-state index is 0.308. The molecule has 0 atom stereocenters. The zero-order valence-corrected chi connectivity index (χ0v) is 14.5. The molecule has 0 unspecified atom stereocenters. The monoisotopic (exact) mass is 399 g/mol. The molecular weight excluding hydrogens is 386 g/mol. The number of carbonyl (C=O) groups excluding carboxylic acids is 3. The minimum Gasteiger partial charge on any atom is -0.323 e. The highest BCUT2D eigenvalue weighted by atomic mass is 79.9. The first kappa shape index (κ1) is 16.3. The van der Waals surface area contributed by atoms with Crippen molar-refractivity contribution >= 4 is 51.1 Å². The lowest BCUT2D eigenvalue weighted by Crippen LogP contribution is -2.44. The third kappa shape index (κ3) is 3.07. The zero-order valence-electron chi connectivity index (χ0n) is 12.2. The van der Waals surface area contributed by atoms with Crippen molar-refractivity contribution in [2.45, 2.75) is 31.2 Å². The van der Waals surface area contributed by atoms with E-state index in [1.54, 1.807) is 18.2 Å². The third-order valence-electron chi connectivity index (χ3n) is 4.21. The Kier molecular flexibility index (Phi) is 4.33. The van der Waals surface area contributed by atoms with Gasteiger partial charge in [-0.2, -0.15) is 0 Å². The molecule has 1 heterocycles. The quantitative estimate of drug-likeness (QED) is 0.766. The van der Waals surface area contributed by atoms with E-state index >= 15 is 0 Å². The van der Waals surface area contributed by atoms with Crippen LogP contribution in [0.4, 0.5) is 10.5 Å². The molecule has 23 heavy (non-hydrogen) atoms. The van der Waals surface area contributed by atoms with Gasteiger partial charge in [0.25, 0.3) is 5.91 Å². The summed E-state index contributed by atoms with van der Waals surface area (Å²) in [6.45, 7) is -0.321. The molecule has 1 aliphatic heterocycles. The van der Waals surface area contributed by atoms with Gasteiger partial charge in [-0.25, -0.2) is 4.79 Å². The van der Waals surface area contributed by atoms with Gasteiger partial charge in [-0.15, -0.1) is 0 Å². The van der Waals surface area contributed by atoms with Crippen LogP contribution in [0.25, 0.3) is 0 Å². The topological polar surface area (TPSA) is 78.5 Å². The average molecular weight is 401 g/mol. The predicted octanol–water partition coefficient (Wildman–Crippen LogP) is 2.91. The summed E-state index contributed by atoms with van der Waals surface area (Å²) in [4.78, 5) is 37.6. The fourth-order valence-electron chi connectivity index (χ4n) is 3.06. The summed E-state index contributed by atoms with van der Waals surface area (Å²) in [6.07, 6.45) is 3.07. The first-order chi connectivity index (χ1) is 10.9. The number of hydrogen-bond donors (Lipinski definition) is 2. The molecule has 2 aliphatic rings. The van der Waals surface area contributed by atoms with Crippen LogP contribution in [0.5, 0.6) is 0 Å². The van der Waals surface area contributed by atoms with E-state index in [-0.39, 0.29) is 12.5 Å². The van der Waals surface area contributed by atoms with Gasteiger partial charge >= 0.3 is 6.03 Å². The maximum Gasteiger partial charge on any atom is 0.325 e. The molecule has 4 amide bonds. The van der Waals surface area contributed by atoms with Crippen molar-refractivity contribution in [2.75, 3.05) is 11.9 Å². The van der Waals surface area contributed by atoms with E-state index in [9.17, 15) is 14.4 Å². The minimum atomic E-state index is -0.799. The second-order valence-corrected chi connectivity index (χ2v) is 7.11. The van der Waals surface area contributed by atoms with Gasteiger partial charge in [0.05, 0.1) is 10.7 Å². The molecule has 1 aromatic carbocycles. The molecule has 0 bridgehead atoms. The number of rotatable bonds is 3. The maximum absolute atomic E-state index is 12.5. The molecule has 1 saturated heterocycles. The van der Waals surface area contributed by atoms with Crippen LogP contribution in [0.15, 0.2) is 22.7 Å². The van der Waals surface area contributed by atoms with Crippen LogP contribution in [0.2, 0.25) is 5.02 Å². The first-order valence-electron chi connectivity index (χ1n) is 7.30. The number of benzene rings is 1. The molecule has 6 nitrogen and oxygen atoms in total. The predicted molar refractivity (Wildman–Crippen MR) is 89.2 cm³/mol. The van der Waals surface area contributed by atoms with E-state index in [0.29, 0.717) is 23.6 Å². The van der Waals surface area contributed by atoms with Gasteiger partial charge in [0.2, 0.25) is 5.91 Å². The summed E-state index contributed by atoms with van der Waals surface area (Å²) in [5.74, 6) is -0.773. The molecular formula is C15H15BrClN3O3. The number of anilines is 1. The van der Waals surface area contributed by atoms with Crippen LogP contribution < -0.4 is 10.6 Å². The summed E-state index contributed by atoms with van der Waals surface area (Å²) in [7, 11) is 0. The second kappa shape index (κ2) is 6.13. The van der Waals surface area contributed by atoms with E-state index in [1.807, 2.05) is 0 Å². The Labute approximate surface area is 146 Å². The van der Waals surface area contributed by atoms with Crippen LogP contribution in [0.1, 0.15) is 25.7 Å². The smallest absolute Gasteiger partial charge is 0.323 e. The maximum atomic E-state index is 12.5. The van der Waals surface area contributed by atoms with Crippen LogP contribution in [0.3, 0.4) is 0 Å². The molecule has 1 aliphatic carbocycles. The van der Waals surface area contributed by atoms with E-state index in [1.165, 1.54) is 0 Å². The fourth-order valence-corrected chi connectivity index (χ4v) is 3.78. The molecule has 1 aromatic rings. The lowest BCUT2D eigenvalue weighted by molar-refractivity contribution is -0.133. The molecule has 2 N–H and O–H groups in total. The van der Waals surface area contributed by atoms with Crippen molar-refractivity contribution in [1.82, 2.24) is 10.2 Å². The zero-order chi connectivity index (χ0) is 16.6. The van der Waals surface area contributed by atoms with Gasteiger partial charge < -0.3 is 10.6 Å². The van der Waals surface area contributed by atoms with Crippen LogP contribution in [-0.4, -0.2) is 34.8 Å². The Hall–Kier alpha value is -1.60. The Morgan fingerprint density at radius 2 is 2.04 bits per heavy atom. The summed E-state index contributed by atoms with van der Waals surface area (Å²) < 4.78 is 0.790. The van der Waals surface area contributed by atoms with E-state index < -0.39 is 17.5 Å². The highest BCUT2D eigenvalue weighted by Gasteiger charge is 2.52. The van der Waals surface area contributed by atoms with E-state index in [0.717, 1.165) is 22.2 Å². The van der Waals surface area contributed by atoms with Gasteiger partial charge in [-0.1, -0.05) is 40.4 Å². The highest BCUT2D eigenvalue weighted by molar-refractivity contribution is 9.10. The first-order valence-corrected chi connectivity index (χ1v) is 8.47.